The molecule has 0 spiro atoms. The molecular weight excluding hydrogens is 303 g/mol. The number of rotatable bonds is 5. The fraction of sp³-hybridized carbons (Fsp3) is 0.333. The summed E-state index contributed by atoms with van der Waals surface area (Å²) in [6, 6.07) is 6.24. The molecule has 0 aliphatic heterocycles. The maximum Gasteiger partial charge on any atom is 0.214 e. The van der Waals surface area contributed by atoms with E-state index in [0.29, 0.717) is 12.5 Å². The van der Waals surface area contributed by atoms with Gasteiger partial charge in [0, 0.05) is 12.1 Å². The lowest BCUT2D eigenvalue weighted by Gasteiger charge is -2.08. The van der Waals surface area contributed by atoms with Crippen LogP contribution in [0.1, 0.15) is 12.8 Å². The topological polar surface area (TPSA) is 62.5 Å². The van der Waals surface area contributed by atoms with Gasteiger partial charge in [-0.05, 0) is 43.0 Å². The number of nitrogens with zero attached hydrogens (tertiary/aromatic N) is 3. The molecule has 1 aliphatic carbocycles. The van der Waals surface area contributed by atoms with E-state index in [1.165, 1.54) is 23.5 Å². The Morgan fingerprint density at radius 2 is 2.14 bits per heavy atom. The first-order chi connectivity index (χ1) is 10.7. The molecule has 2 heterocycles. The van der Waals surface area contributed by atoms with Gasteiger partial charge in [0.15, 0.2) is 0 Å². The zero-order valence-electron chi connectivity index (χ0n) is 11.7. The van der Waals surface area contributed by atoms with Gasteiger partial charge in [0.2, 0.25) is 10.1 Å². The van der Waals surface area contributed by atoms with Crippen molar-refractivity contribution in [3.8, 4) is 11.3 Å². The average Bonchev–Trinajstić information content (AvgIpc) is 3.18. The van der Waals surface area contributed by atoms with Crippen molar-refractivity contribution < 1.29 is 9.50 Å². The highest BCUT2D eigenvalue weighted by Gasteiger charge is 2.29. The zero-order valence-corrected chi connectivity index (χ0v) is 12.6. The summed E-state index contributed by atoms with van der Waals surface area (Å²) in [6.45, 7) is 0.520. The number of benzene rings is 1. The smallest absolute Gasteiger partial charge is 0.214 e. The number of hydrogen-bond acceptors (Lipinski definition) is 5. The minimum absolute atomic E-state index is 0.261. The molecule has 0 amide bonds. The standard InChI is InChI=1S/C15H15FN4OS/c16-11-5-3-9(4-6-11)12-8-20-15(18-12)22-14(19-20)17-7-13(21)10-1-2-10/h3-6,8,10,13,21H,1-2,7H2,(H,17,19)/t13-/m0/s1. The Balaban J connectivity index is 1.50. The van der Waals surface area contributed by atoms with E-state index in [2.05, 4.69) is 15.4 Å². The highest BCUT2D eigenvalue weighted by atomic mass is 32.1. The van der Waals surface area contributed by atoms with E-state index in [-0.39, 0.29) is 11.9 Å². The lowest BCUT2D eigenvalue weighted by atomic mass is 10.2. The van der Waals surface area contributed by atoms with Crippen LogP contribution in [0.2, 0.25) is 0 Å². The molecule has 2 N–H and O–H groups in total. The van der Waals surface area contributed by atoms with Crippen LogP contribution < -0.4 is 5.32 Å². The Morgan fingerprint density at radius 3 is 2.82 bits per heavy atom. The summed E-state index contributed by atoms with van der Waals surface area (Å²) >= 11 is 1.43. The third-order valence-electron chi connectivity index (χ3n) is 3.81. The molecule has 1 fully saturated rings. The van der Waals surface area contributed by atoms with E-state index in [1.54, 1.807) is 16.6 Å². The van der Waals surface area contributed by atoms with Gasteiger partial charge in [-0.15, -0.1) is 5.10 Å². The molecule has 0 unspecified atom stereocenters. The number of halogens is 1. The average molecular weight is 318 g/mol. The van der Waals surface area contributed by atoms with Crippen LogP contribution in [0.25, 0.3) is 16.2 Å². The summed E-state index contributed by atoms with van der Waals surface area (Å²) in [7, 11) is 0. The molecule has 5 nitrogen and oxygen atoms in total. The Kier molecular flexibility index (Phi) is 3.31. The second-order valence-corrected chi connectivity index (χ2v) is 6.51. The summed E-state index contributed by atoms with van der Waals surface area (Å²) < 4.78 is 14.6. The van der Waals surface area contributed by atoms with Crippen LogP contribution in [0.5, 0.6) is 0 Å². The van der Waals surface area contributed by atoms with Crippen LogP contribution in [0.3, 0.4) is 0 Å². The van der Waals surface area contributed by atoms with E-state index < -0.39 is 0 Å². The second kappa shape index (κ2) is 5.33. The molecule has 22 heavy (non-hydrogen) atoms. The van der Waals surface area contributed by atoms with Crippen LogP contribution in [-0.2, 0) is 0 Å². The van der Waals surface area contributed by atoms with E-state index in [1.807, 2.05) is 6.20 Å². The highest BCUT2D eigenvalue weighted by molar-refractivity contribution is 7.20. The van der Waals surface area contributed by atoms with Gasteiger partial charge < -0.3 is 10.4 Å². The van der Waals surface area contributed by atoms with Crippen LogP contribution in [0, 0.1) is 11.7 Å². The van der Waals surface area contributed by atoms with Crippen molar-refractivity contribution in [3.05, 3.63) is 36.3 Å². The van der Waals surface area contributed by atoms with Crippen LogP contribution in [0.15, 0.2) is 30.5 Å². The van der Waals surface area contributed by atoms with Gasteiger partial charge in [0.1, 0.15) is 5.82 Å². The number of aliphatic hydroxyl groups excluding tert-OH is 1. The lowest BCUT2D eigenvalue weighted by molar-refractivity contribution is 0.164. The first-order valence-electron chi connectivity index (χ1n) is 7.23. The van der Waals surface area contributed by atoms with Gasteiger partial charge in [-0.25, -0.2) is 13.9 Å². The number of fused-ring (bicyclic) bond motifs is 1. The van der Waals surface area contributed by atoms with Gasteiger partial charge in [-0.2, -0.15) is 0 Å². The van der Waals surface area contributed by atoms with Crippen molar-refractivity contribution in [1.29, 1.82) is 0 Å². The Labute approximate surface area is 130 Å². The molecule has 1 atom stereocenters. The van der Waals surface area contributed by atoms with Crippen LogP contribution in [-0.4, -0.2) is 32.4 Å². The largest absolute Gasteiger partial charge is 0.391 e. The molecule has 114 valence electrons. The first kappa shape index (κ1) is 13.7. The molecule has 4 rings (SSSR count). The Morgan fingerprint density at radius 1 is 1.36 bits per heavy atom. The minimum atomic E-state index is -0.300. The van der Waals surface area contributed by atoms with Crippen LogP contribution >= 0.6 is 11.3 Å². The summed E-state index contributed by atoms with van der Waals surface area (Å²) in [5, 5.41) is 18.2. The number of aliphatic hydroxyl groups is 1. The van der Waals surface area contributed by atoms with Crippen molar-refractivity contribution in [2.24, 2.45) is 5.92 Å². The monoisotopic (exact) mass is 318 g/mol. The van der Waals surface area contributed by atoms with Crippen molar-refractivity contribution in [3.63, 3.8) is 0 Å². The third kappa shape index (κ3) is 2.69. The summed E-state index contributed by atoms with van der Waals surface area (Å²) in [6.07, 6.45) is 3.75. The van der Waals surface area contributed by atoms with E-state index in [0.717, 1.165) is 34.2 Å². The SMILES string of the molecule is O[C@@H](CNc1nn2cc(-c3ccc(F)cc3)nc2s1)C1CC1. The van der Waals surface area contributed by atoms with E-state index in [9.17, 15) is 9.50 Å². The number of imidazole rings is 1. The van der Waals surface area contributed by atoms with E-state index in [4.69, 9.17) is 0 Å². The maximum atomic E-state index is 12.9. The molecule has 1 aromatic carbocycles. The number of aromatic nitrogens is 3. The lowest BCUT2D eigenvalue weighted by Crippen LogP contribution is -2.21. The predicted octanol–water partition coefficient (Wildman–Crippen LogP) is 2.78. The quantitative estimate of drug-likeness (QED) is 0.759. The van der Waals surface area contributed by atoms with Gasteiger partial charge in [0.25, 0.3) is 0 Å². The van der Waals surface area contributed by atoms with Gasteiger partial charge in [-0.1, -0.05) is 11.3 Å². The Hall–Kier alpha value is -1.99. The van der Waals surface area contributed by atoms with Crippen molar-refractivity contribution in [1.82, 2.24) is 14.6 Å². The van der Waals surface area contributed by atoms with Crippen LogP contribution in [0.4, 0.5) is 9.52 Å². The van der Waals surface area contributed by atoms with E-state index >= 15 is 0 Å². The fourth-order valence-electron chi connectivity index (χ4n) is 2.37. The molecule has 3 aromatic rings. The summed E-state index contributed by atoms with van der Waals surface area (Å²) in [5.74, 6) is 0.185. The molecule has 0 bridgehead atoms. The van der Waals surface area contributed by atoms with Gasteiger partial charge >= 0.3 is 0 Å². The zero-order chi connectivity index (χ0) is 15.1. The third-order valence-corrected chi connectivity index (χ3v) is 4.69. The number of anilines is 1. The molecule has 0 radical (unpaired) electrons. The summed E-state index contributed by atoms with van der Waals surface area (Å²) in [4.78, 5) is 5.27. The predicted molar refractivity (Wildman–Crippen MR) is 83.5 cm³/mol. The molecule has 2 aromatic heterocycles. The number of nitrogens with one attached hydrogen (secondary N) is 1. The summed E-state index contributed by atoms with van der Waals surface area (Å²) in [5.41, 5.74) is 1.63. The normalized spacial score (nSPS) is 16.1. The molecule has 1 aliphatic rings. The molecule has 7 heteroatoms. The van der Waals surface area contributed by atoms with Gasteiger partial charge in [0.05, 0.1) is 18.0 Å². The minimum Gasteiger partial charge on any atom is -0.391 e. The molecule has 1 saturated carbocycles. The van der Waals surface area contributed by atoms with Crippen molar-refractivity contribution >= 4 is 21.4 Å². The molecule has 0 saturated heterocycles. The van der Waals surface area contributed by atoms with Gasteiger partial charge in [-0.3, -0.25) is 0 Å². The Bertz CT molecular complexity index is 762. The second-order valence-electron chi connectivity index (χ2n) is 5.55. The van der Waals surface area contributed by atoms with Crippen molar-refractivity contribution in [2.45, 2.75) is 18.9 Å². The molecular formula is C15H15FN4OS. The maximum absolute atomic E-state index is 12.9. The fourth-order valence-corrected chi connectivity index (χ4v) is 3.16. The first-order valence-corrected chi connectivity index (χ1v) is 8.05. The van der Waals surface area contributed by atoms with Crippen molar-refractivity contribution in [2.75, 3.05) is 11.9 Å². The number of hydrogen-bond donors (Lipinski definition) is 2. The highest BCUT2D eigenvalue weighted by Crippen LogP contribution is 2.33.